The molecule has 1 aromatic carbocycles. The number of benzene rings is 1. The molecule has 0 unspecified atom stereocenters. The molecule has 5 nitrogen and oxygen atoms in total. The molecule has 0 aliphatic heterocycles. The lowest BCUT2D eigenvalue weighted by Gasteiger charge is -2.11. The molecule has 0 spiro atoms. The van der Waals surface area contributed by atoms with Crippen molar-refractivity contribution in [3.8, 4) is 11.5 Å². The first-order valence-corrected chi connectivity index (χ1v) is 4.63. The van der Waals surface area contributed by atoms with E-state index in [2.05, 4.69) is 6.58 Å². The van der Waals surface area contributed by atoms with Gasteiger partial charge in [0.1, 0.15) is 12.4 Å². The summed E-state index contributed by atoms with van der Waals surface area (Å²) in [5.41, 5.74) is 2.27. The maximum Gasteiger partial charge on any atom is 0.161 e. The predicted octanol–water partition coefficient (Wildman–Crippen LogP) is 1.56. The molecule has 86 valence electrons. The number of nitrogens with one attached hydrogen (secondary N) is 2. The van der Waals surface area contributed by atoms with Crippen molar-refractivity contribution in [2.45, 2.75) is 0 Å². The van der Waals surface area contributed by atoms with Crippen LogP contribution in [0.15, 0.2) is 30.9 Å². The van der Waals surface area contributed by atoms with Crippen molar-refractivity contribution in [1.82, 2.24) is 5.48 Å². The second-order valence-electron chi connectivity index (χ2n) is 2.95. The normalized spacial score (nSPS) is 9.38. The Morgan fingerprint density at radius 3 is 2.88 bits per heavy atom. The van der Waals surface area contributed by atoms with Gasteiger partial charge in [-0.1, -0.05) is 12.7 Å². The zero-order valence-electron chi connectivity index (χ0n) is 8.99. The zero-order chi connectivity index (χ0) is 12.0. The molecule has 0 saturated heterocycles. The average molecular weight is 222 g/mol. The first-order valence-electron chi connectivity index (χ1n) is 4.63. The van der Waals surface area contributed by atoms with Crippen LogP contribution < -0.4 is 15.0 Å². The molecule has 0 amide bonds. The van der Waals surface area contributed by atoms with Crippen LogP contribution in [0.25, 0.3) is 0 Å². The Balaban J connectivity index is 2.96. The summed E-state index contributed by atoms with van der Waals surface area (Å²) in [5.74, 6) is 0.963. The quantitative estimate of drug-likeness (QED) is 0.306. The van der Waals surface area contributed by atoms with Crippen LogP contribution in [-0.2, 0) is 0 Å². The number of amidine groups is 1. The molecule has 3 N–H and O–H groups in total. The van der Waals surface area contributed by atoms with Gasteiger partial charge in [-0.05, 0) is 18.2 Å². The molecular formula is C11H14N2O3. The fraction of sp³-hybridized carbons (Fsp3) is 0.182. The Bertz CT molecular complexity index is 391. The minimum absolute atomic E-state index is 0.103. The molecule has 0 fully saturated rings. The summed E-state index contributed by atoms with van der Waals surface area (Å²) in [7, 11) is 1.51. The van der Waals surface area contributed by atoms with Crippen LogP contribution in [-0.4, -0.2) is 24.8 Å². The number of hydrogen-bond acceptors (Lipinski definition) is 4. The number of hydroxylamine groups is 1. The first kappa shape index (κ1) is 12.1. The van der Waals surface area contributed by atoms with Crippen LogP contribution in [0.1, 0.15) is 5.56 Å². The van der Waals surface area contributed by atoms with E-state index in [1.165, 1.54) is 7.11 Å². The molecule has 5 heteroatoms. The molecule has 0 saturated carbocycles. The largest absolute Gasteiger partial charge is 0.493 e. The zero-order valence-corrected chi connectivity index (χ0v) is 8.99. The van der Waals surface area contributed by atoms with Crippen LogP contribution in [0.4, 0.5) is 0 Å². The summed E-state index contributed by atoms with van der Waals surface area (Å²) in [6, 6.07) is 4.92. The fourth-order valence-electron chi connectivity index (χ4n) is 1.16. The van der Waals surface area contributed by atoms with Crippen LogP contribution >= 0.6 is 0 Å². The van der Waals surface area contributed by atoms with E-state index in [-0.39, 0.29) is 5.84 Å². The second kappa shape index (κ2) is 5.77. The van der Waals surface area contributed by atoms with Crippen molar-refractivity contribution in [1.29, 1.82) is 5.41 Å². The van der Waals surface area contributed by atoms with Crippen molar-refractivity contribution >= 4 is 5.84 Å². The van der Waals surface area contributed by atoms with E-state index >= 15 is 0 Å². The van der Waals surface area contributed by atoms with Crippen molar-refractivity contribution in [3.05, 3.63) is 36.4 Å². The summed E-state index contributed by atoms with van der Waals surface area (Å²) >= 11 is 0. The van der Waals surface area contributed by atoms with Gasteiger partial charge < -0.3 is 9.47 Å². The Morgan fingerprint density at radius 1 is 1.56 bits per heavy atom. The third-order valence-corrected chi connectivity index (χ3v) is 1.92. The van der Waals surface area contributed by atoms with Gasteiger partial charge in [-0.15, -0.1) is 0 Å². The van der Waals surface area contributed by atoms with Gasteiger partial charge in [0.25, 0.3) is 0 Å². The fourth-order valence-corrected chi connectivity index (χ4v) is 1.16. The Hall–Kier alpha value is -2.01. The minimum Gasteiger partial charge on any atom is -0.493 e. The van der Waals surface area contributed by atoms with Crippen LogP contribution in [0.3, 0.4) is 0 Å². The Morgan fingerprint density at radius 2 is 2.31 bits per heavy atom. The van der Waals surface area contributed by atoms with Crippen molar-refractivity contribution < 1.29 is 14.7 Å². The molecule has 0 aromatic heterocycles. The van der Waals surface area contributed by atoms with E-state index in [0.717, 1.165) is 0 Å². The summed E-state index contributed by atoms with van der Waals surface area (Å²) in [4.78, 5) is 0. The highest BCUT2D eigenvalue weighted by atomic mass is 16.5. The number of hydrogen-bond donors (Lipinski definition) is 3. The van der Waals surface area contributed by atoms with Gasteiger partial charge in [0.05, 0.1) is 7.11 Å². The van der Waals surface area contributed by atoms with E-state index < -0.39 is 0 Å². The van der Waals surface area contributed by atoms with Gasteiger partial charge in [0.15, 0.2) is 11.5 Å². The lowest BCUT2D eigenvalue weighted by Crippen LogP contribution is -2.18. The van der Waals surface area contributed by atoms with Gasteiger partial charge in [-0.25, -0.2) is 0 Å². The van der Waals surface area contributed by atoms with Gasteiger partial charge in [0, 0.05) is 5.56 Å². The van der Waals surface area contributed by atoms with E-state index in [4.69, 9.17) is 20.1 Å². The van der Waals surface area contributed by atoms with Gasteiger partial charge in [-0.3, -0.25) is 16.1 Å². The Labute approximate surface area is 93.8 Å². The summed E-state index contributed by atoms with van der Waals surface area (Å²) in [6.07, 6.45) is 1.63. The molecule has 0 aliphatic rings. The highest BCUT2D eigenvalue weighted by Crippen LogP contribution is 2.27. The minimum atomic E-state index is -0.103. The molecule has 16 heavy (non-hydrogen) atoms. The molecule has 1 rings (SSSR count). The topological polar surface area (TPSA) is 74.6 Å². The van der Waals surface area contributed by atoms with Crippen molar-refractivity contribution in [2.24, 2.45) is 0 Å². The standard InChI is InChI=1S/C11H14N2O3/c1-3-6-16-9-5-4-8(11(12)13-14)7-10(9)15-2/h3-5,7,14H,1,6H2,2H3,(H2,12,13). The lowest BCUT2D eigenvalue weighted by atomic mass is 10.2. The lowest BCUT2D eigenvalue weighted by molar-refractivity contribution is 0.234. The highest BCUT2D eigenvalue weighted by Gasteiger charge is 2.07. The van der Waals surface area contributed by atoms with E-state index in [9.17, 15) is 0 Å². The predicted molar refractivity (Wildman–Crippen MR) is 60.4 cm³/mol. The number of rotatable bonds is 5. The molecular weight excluding hydrogens is 208 g/mol. The molecule has 0 radical (unpaired) electrons. The third kappa shape index (κ3) is 2.74. The maximum absolute atomic E-state index is 8.60. The van der Waals surface area contributed by atoms with Crippen LogP contribution in [0, 0.1) is 5.41 Å². The molecule has 0 heterocycles. The van der Waals surface area contributed by atoms with Crippen molar-refractivity contribution in [2.75, 3.05) is 13.7 Å². The highest BCUT2D eigenvalue weighted by molar-refractivity contribution is 5.96. The molecule has 0 bridgehead atoms. The SMILES string of the molecule is C=CCOc1ccc(C(=N)NO)cc1OC. The van der Waals surface area contributed by atoms with Crippen LogP contribution in [0.5, 0.6) is 11.5 Å². The number of methoxy groups -OCH3 is 1. The number of ether oxygens (including phenoxy) is 2. The molecule has 0 aliphatic carbocycles. The van der Waals surface area contributed by atoms with E-state index in [1.807, 2.05) is 0 Å². The van der Waals surface area contributed by atoms with Crippen molar-refractivity contribution in [3.63, 3.8) is 0 Å². The first-order chi connectivity index (χ1) is 7.72. The Kier molecular flexibility index (Phi) is 4.35. The second-order valence-corrected chi connectivity index (χ2v) is 2.95. The summed E-state index contributed by atoms with van der Waals surface area (Å²) in [5, 5.41) is 16.0. The van der Waals surface area contributed by atoms with E-state index in [0.29, 0.717) is 23.7 Å². The summed E-state index contributed by atoms with van der Waals surface area (Å²) in [6.45, 7) is 3.93. The smallest absolute Gasteiger partial charge is 0.161 e. The van der Waals surface area contributed by atoms with E-state index in [1.54, 1.807) is 29.8 Å². The molecule has 0 atom stereocenters. The third-order valence-electron chi connectivity index (χ3n) is 1.92. The van der Waals surface area contributed by atoms with Gasteiger partial charge >= 0.3 is 0 Å². The van der Waals surface area contributed by atoms with Gasteiger partial charge in [0.2, 0.25) is 0 Å². The molecule has 1 aromatic rings. The monoisotopic (exact) mass is 222 g/mol. The van der Waals surface area contributed by atoms with Crippen LogP contribution in [0.2, 0.25) is 0 Å². The summed E-state index contributed by atoms with van der Waals surface area (Å²) < 4.78 is 10.5. The maximum atomic E-state index is 8.60. The average Bonchev–Trinajstić information content (AvgIpc) is 2.35. The van der Waals surface area contributed by atoms with Gasteiger partial charge in [-0.2, -0.15) is 0 Å².